The number of aryl methyl sites for hydroxylation is 1. The molecule has 0 aliphatic heterocycles. The van der Waals surface area contributed by atoms with Gasteiger partial charge in [0, 0.05) is 18.3 Å². The molecular weight excluding hydrogens is 455 g/mol. The molecular formula is C19H13ClF3N5O2S. The maximum Gasteiger partial charge on any atom is 0.435 e. The molecule has 0 saturated heterocycles. The monoisotopic (exact) mass is 467 g/mol. The molecule has 1 atom stereocenters. The number of nitriles is 1. The van der Waals surface area contributed by atoms with Crippen LogP contribution in [0, 0.1) is 18.3 Å². The van der Waals surface area contributed by atoms with Crippen molar-refractivity contribution in [2.75, 3.05) is 11.6 Å². The highest BCUT2D eigenvalue weighted by molar-refractivity contribution is 7.90. The summed E-state index contributed by atoms with van der Waals surface area (Å²) in [5.74, 6) is -1.12. The lowest BCUT2D eigenvalue weighted by atomic mass is 10.1. The molecule has 0 aliphatic rings. The van der Waals surface area contributed by atoms with Crippen molar-refractivity contribution >= 4 is 34.4 Å². The second kappa shape index (κ2) is 8.58. The minimum atomic E-state index is -4.82. The third-order valence-corrected chi connectivity index (χ3v) is 5.39. The van der Waals surface area contributed by atoms with Gasteiger partial charge >= 0.3 is 6.18 Å². The minimum Gasteiger partial charge on any atom is -0.612 e. The predicted octanol–water partition coefficient (Wildman–Crippen LogP) is 4.11. The Balaban J connectivity index is 2.12. The number of carbonyl (C=O) groups is 1. The lowest BCUT2D eigenvalue weighted by Gasteiger charge is -2.15. The molecule has 1 amide bonds. The summed E-state index contributed by atoms with van der Waals surface area (Å²) in [5.41, 5.74) is -1.03. The summed E-state index contributed by atoms with van der Waals surface area (Å²) in [6.45, 7) is 1.57. The van der Waals surface area contributed by atoms with E-state index in [9.17, 15) is 22.5 Å². The van der Waals surface area contributed by atoms with Crippen LogP contribution in [-0.4, -0.2) is 31.5 Å². The SMILES string of the molecule is Cc1cc(C#N)cc([S+](C)[O-])c1NC(=O)c1cc(C(F)(F)F)nn1-c1ncccc1Cl. The van der Waals surface area contributed by atoms with Crippen molar-refractivity contribution in [1.29, 1.82) is 5.26 Å². The number of nitrogens with zero attached hydrogens (tertiary/aromatic N) is 4. The van der Waals surface area contributed by atoms with Crippen LogP contribution in [0.15, 0.2) is 41.4 Å². The average molecular weight is 468 g/mol. The van der Waals surface area contributed by atoms with Gasteiger partial charge in [0.2, 0.25) is 0 Å². The van der Waals surface area contributed by atoms with E-state index in [1.165, 1.54) is 36.7 Å². The van der Waals surface area contributed by atoms with Crippen LogP contribution in [0.2, 0.25) is 5.02 Å². The van der Waals surface area contributed by atoms with E-state index in [1.54, 1.807) is 6.92 Å². The van der Waals surface area contributed by atoms with Crippen molar-refractivity contribution in [1.82, 2.24) is 14.8 Å². The summed E-state index contributed by atoms with van der Waals surface area (Å²) in [5, 5.41) is 15.0. The molecule has 1 N–H and O–H groups in total. The van der Waals surface area contributed by atoms with Gasteiger partial charge in [0.15, 0.2) is 16.4 Å². The smallest absolute Gasteiger partial charge is 0.435 e. The first-order chi connectivity index (χ1) is 14.5. The maximum atomic E-state index is 13.3. The van der Waals surface area contributed by atoms with E-state index < -0.39 is 34.6 Å². The zero-order chi connectivity index (χ0) is 22.9. The Labute approximate surface area is 182 Å². The second-order valence-electron chi connectivity index (χ2n) is 6.32. The van der Waals surface area contributed by atoms with Crippen molar-refractivity contribution in [3.8, 4) is 11.9 Å². The van der Waals surface area contributed by atoms with Crippen molar-refractivity contribution in [2.45, 2.75) is 18.0 Å². The van der Waals surface area contributed by atoms with E-state index in [2.05, 4.69) is 15.4 Å². The minimum absolute atomic E-state index is 0.0155. The van der Waals surface area contributed by atoms with Crippen molar-refractivity contribution < 1.29 is 22.5 Å². The van der Waals surface area contributed by atoms with E-state index in [0.29, 0.717) is 16.3 Å². The van der Waals surface area contributed by atoms with Gasteiger partial charge in [-0.15, -0.1) is 0 Å². The molecule has 3 aromatic rings. The van der Waals surface area contributed by atoms with Crippen molar-refractivity contribution in [2.24, 2.45) is 0 Å². The molecule has 7 nitrogen and oxygen atoms in total. The van der Waals surface area contributed by atoms with Gasteiger partial charge < -0.3 is 9.87 Å². The van der Waals surface area contributed by atoms with Gasteiger partial charge in [-0.25, -0.2) is 9.67 Å². The molecule has 0 spiro atoms. The molecule has 1 unspecified atom stereocenters. The number of hydrogen-bond donors (Lipinski definition) is 1. The van der Waals surface area contributed by atoms with Crippen LogP contribution in [0.4, 0.5) is 18.9 Å². The number of carbonyl (C=O) groups excluding carboxylic acids is 1. The average Bonchev–Trinajstić information content (AvgIpc) is 3.15. The highest BCUT2D eigenvalue weighted by atomic mass is 35.5. The first-order valence-corrected chi connectivity index (χ1v) is 10.4. The second-order valence-corrected chi connectivity index (χ2v) is 8.07. The first kappa shape index (κ1) is 22.6. The number of halogens is 4. The van der Waals surface area contributed by atoms with Gasteiger partial charge in [0.1, 0.15) is 11.9 Å². The molecule has 3 rings (SSSR count). The van der Waals surface area contributed by atoms with Gasteiger partial charge in [-0.2, -0.15) is 23.5 Å². The predicted molar refractivity (Wildman–Crippen MR) is 108 cm³/mol. The van der Waals surface area contributed by atoms with E-state index in [0.717, 1.165) is 0 Å². The summed E-state index contributed by atoms with van der Waals surface area (Å²) >= 11 is 4.45. The molecule has 12 heteroatoms. The molecule has 160 valence electrons. The summed E-state index contributed by atoms with van der Waals surface area (Å²) in [6, 6.07) is 8.16. The highest BCUT2D eigenvalue weighted by Crippen LogP contribution is 2.32. The summed E-state index contributed by atoms with van der Waals surface area (Å²) in [4.78, 5) is 17.0. The fourth-order valence-corrected chi connectivity index (χ4v) is 3.75. The van der Waals surface area contributed by atoms with Crippen LogP contribution in [0.3, 0.4) is 0 Å². The summed E-state index contributed by atoms with van der Waals surface area (Å²) in [6.07, 6.45) is -2.17. The molecule has 0 bridgehead atoms. The fraction of sp³-hybridized carbons (Fsp3) is 0.158. The quantitative estimate of drug-likeness (QED) is 0.581. The van der Waals surface area contributed by atoms with Crippen molar-refractivity contribution in [3.63, 3.8) is 0 Å². The molecule has 0 aliphatic carbocycles. The largest absolute Gasteiger partial charge is 0.612 e. The Morgan fingerprint density at radius 1 is 1.35 bits per heavy atom. The lowest BCUT2D eigenvalue weighted by molar-refractivity contribution is -0.141. The Hall–Kier alpha value is -3.07. The lowest BCUT2D eigenvalue weighted by Crippen LogP contribution is -2.20. The van der Waals surface area contributed by atoms with Crippen LogP contribution >= 0.6 is 11.6 Å². The summed E-state index contributed by atoms with van der Waals surface area (Å²) in [7, 11) is 0. The van der Waals surface area contributed by atoms with Crippen LogP contribution in [0.5, 0.6) is 0 Å². The van der Waals surface area contributed by atoms with Gasteiger partial charge in [-0.05, 0) is 41.9 Å². The molecule has 0 radical (unpaired) electrons. The highest BCUT2D eigenvalue weighted by Gasteiger charge is 2.37. The van der Waals surface area contributed by atoms with Crippen LogP contribution in [0.1, 0.15) is 27.3 Å². The normalized spacial score (nSPS) is 12.3. The standard InChI is InChI=1S/C19H13ClF3N5O2S/c1-10-6-11(9-24)7-14(31(2)30)16(10)26-18(29)13-8-15(19(21,22)23)27-28(13)17-12(20)4-3-5-25-17/h3-8H,1-2H3,(H,26,29). The number of anilines is 1. The third-order valence-electron chi connectivity index (χ3n) is 4.15. The van der Waals surface area contributed by atoms with E-state index in [4.69, 9.17) is 16.9 Å². The molecule has 31 heavy (non-hydrogen) atoms. The van der Waals surface area contributed by atoms with Gasteiger partial charge in [-0.3, -0.25) is 4.79 Å². The van der Waals surface area contributed by atoms with Crippen LogP contribution in [-0.2, 0) is 17.4 Å². The molecule has 1 aromatic carbocycles. The van der Waals surface area contributed by atoms with E-state index in [1.807, 2.05) is 6.07 Å². The Morgan fingerprint density at radius 2 is 2.06 bits per heavy atom. The topological polar surface area (TPSA) is 107 Å². The van der Waals surface area contributed by atoms with E-state index >= 15 is 0 Å². The third kappa shape index (κ3) is 4.66. The number of hydrogen-bond acceptors (Lipinski definition) is 5. The number of pyridine rings is 1. The van der Waals surface area contributed by atoms with Gasteiger partial charge in [-0.1, -0.05) is 11.6 Å². The van der Waals surface area contributed by atoms with Gasteiger partial charge in [0.25, 0.3) is 5.91 Å². The Morgan fingerprint density at radius 3 is 2.65 bits per heavy atom. The Bertz CT molecular complexity index is 1200. The summed E-state index contributed by atoms with van der Waals surface area (Å²) < 4.78 is 52.6. The zero-order valence-corrected chi connectivity index (χ0v) is 17.6. The maximum absolute atomic E-state index is 13.3. The number of benzene rings is 1. The number of aromatic nitrogens is 3. The van der Waals surface area contributed by atoms with Crippen molar-refractivity contribution in [3.05, 3.63) is 64.1 Å². The van der Waals surface area contributed by atoms with Gasteiger partial charge in [0.05, 0.1) is 22.3 Å². The fourth-order valence-electron chi connectivity index (χ4n) is 2.76. The first-order valence-electron chi connectivity index (χ1n) is 8.50. The molecule has 0 saturated carbocycles. The number of rotatable bonds is 4. The zero-order valence-electron chi connectivity index (χ0n) is 16.0. The molecule has 2 heterocycles. The van der Waals surface area contributed by atoms with E-state index in [-0.39, 0.29) is 27.0 Å². The van der Waals surface area contributed by atoms with Crippen LogP contribution < -0.4 is 5.32 Å². The number of alkyl halides is 3. The number of amides is 1. The molecule has 2 aromatic heterocycles. The Kier molecular flexibility index (Phi) is 6.26. The number of nitrogens with one attached hydrogen (secondary N) is 1. The van der Waals surface area contributed by atoms with Crippen LogP contribution in [0.25, 0.3) is 5.82 Å². The molecule has 0 fully saturated rings.